The third kappa shape index (κ3) is 4.23. The third-order valence-corrected chi connectivity index (χ3v) is 4.34. The zero-order valence-electron chi connectivity index (χ0n) is 11.6. The highest BCUT2D eigenvalue weighted by Crippen LogP contribution is 2.25. The first-order chi connectivity index (χ1) is 8.33. The third-order valence-electron chi connectivity index (χ3n) is 4.34. The van der Waals surface area contributed by atoms with Gasteiger partial charge in [-0.3, -0.25) is 4.90 Å². The zero-order valence-corrected chi connectivity index (χ0v) is 11.6. The first kappa shape index (κ1) is 13.3. The largest absolute Gasteiger partial charge is 0.313 e. The number of likely N-dealkylation sites (N-methyl/N-ethyl adjacent to an activating group) is 1. The van der Waals surface area contributed by atoms with Gasteiger partial charge in [0.2, 0.25) is 0 Å². The Hall–Kier alpha value is -0.120. The van der Waals surface area contributed by atoms with Crippen LogP contribution in [0.2, 0.25) is 0 Å². The fourth-order valence-corrected chi connectivity index (χ4v) is 2.90. The van der Waals surface area contributed by atoms with E-state index in [1.54, 1.807) is 0 Å². The highest BCUT2D eigenvalue weighted by Gasteiger charge is 2.27. The number of nitrogens with one attached hydrogen (secondary N) is 1. The summed E-state index contributed by atoms with van der Waals surface area (Å²) < 4.78 is 0. The molecule has 1 aliphatic carbocycles. The smallest absolute Gasteiger partial charge is 0.0110 e. The van der Waals surface area contributed by atoms with Gasteiger partial charge in [0, 0.05) is 25.2 Å². The van der Waals surface area contributed by atoms with E-state index in [9.17, 15) is 0 Å². The van der Waals surface area contributed by atoms with Crippen LogP contribution in [0, 0.1) is 0 Å². The van der Waals surface area contributed by atoms with E-state index < -0.39 is 0 Å². The molecule has 1 N–H and O–H groups in total. The summed E-state index contributed by atoms with van der Waals surface area (Å²) in [6, 6.07) is 1.69. The fourth-order valence-electron chi connectivity index (χ4n) is 2.90. The van der Waals surface area contributed by atoms with E-state index in [2.05, 4.69) is 29.0 Å². The molecular weight excluding hydrogens is 210 g/mol. The van der Waals surface area contributed by atoms with Crippen LogP contribution < -0.4 is 5.32 Å². The number of nitrogens with zero attached hydrogens (tertiary/aromatic N) is 2. The molecule has 1 heterocycles. The molecule has 0 bridgehead atoms. The van der Waals surface area contributed by atoms with E-state index in [0.29, 0.717) is 0 Å². The lowest BCUT2D eigenvalue weighted by molar-refractivity contribution is 0.199. The average molecular weight is 239 g/mol. The molecule has 3 nitrogen and oxygen atoms in total. The molecule has 0 aromatic carbocycles. The molecular formula is C14H29N3. The van der Waals surface area contributed by atoms with E-state index in [4.69, 9.17) is 0 Å². The monoisotopic (exact) mass is 239 g/mol. The summed E-state index contributed by atoms with van der Waals surface area (Å²) in [5.41, 5.74) is 0. The molecule has 1 aliphatic heterocycles. The van der Waals surface area contributed by atoms with Gasteiger partial charge in [-0.1, -0.05) is 13.8 Å². The van der Waals surface area contributed by atoms with Crippen molar-refractivity contribution in [2.45, 2.75) is 51.6 Å². The van der Waals surface area contributed by atoms with Crippen LogP contribution in [-0.4, -0.2) is 61.2 Å². The summed E-state index contributed by atoms with van der Waals surface area (Å²) in [6.45, 7) is 12.0. The van der Waals surface area contributed by atoms with Gasteiger partial charge in [-0.05, 0) is 51.9 Å². The van der Waals surface area contributed by atoms with Crippen LogP contribution in [0.15, 0.2) is 0 Å². The molecule has 0 radical (unpaired) electrons. The Labute approximate surface area is 107 Å². The Kier molecular flexibility index (Phi) is 5.26. The first-order valence-electron chi connectivity index (χ1n) is 7.53. The van der Waals surface area contributed by atoms with Crippen LogP contribution in [0.5, 0.6) is 0 Å². The molecule has 2 rings (SSSR count). The SMILES string of the molecule is CCN1CCC(NCCN(CC)C2CC2)CC1. The number of hydrogen-bond donors (Lipinski definition) is 1. The summed E-state index contributed by atoms with van der Waals surface area (Å²) in [7, 11) is 0. The Morgan fingerprint density at radius 1 is 1.12 bits per heavy atom. The van der Waals surface area contributed by atoms with Crippen molar-refractivity contribution < 1.29 is 0 Å². The lowest BCUT2D eigenvalue weighted by Gasteiger charge is -2.32. The Morgan fingerprint density at radius 3 is 2.35 bits per heavy atom. The van der Waals surface area contributed by atoms with Crippen LogP contribution in [-0.2, 0) is 0 Å². The molecule has 1 saturated carbocycles. The van der Waals surface area contributed by atoms with Crippen molar-refractivity contribution in [2.24, 2.45) is 0 Å². The quantitative estimate of drug-likeness (QED) is 0.727. The van der Waals surface area contributed by atoms with Gasteiger partial charge >= 0.3 is 0 Å². The van der Waals surface area contributed by atoms with Gasteiger partial charge in [0.05, 0.1) is 0 Å². The molecule has 0 amide bonds. The van der Waals surface area contributed by atoms with Crippen molar-refractivity contribution in [3.8, 4) is 0 Å². The van der Waals surface area contributed by atoms with Crippen LogP contribution in [0.3, 0.4) is 0 Å². The Morgan fingerprint density at radius 2 is 1.82 bits per heavy atom. The summed E-state index contributed by atoms with van der Waals surface area (Å²) in [5, 5.41) is 3.75. The molecule has 0 aromatic rings. The summed E-state index contributed by atoms with van der Waals surface area (Å²) in [6.07, 6.45) is 5.54. The van der Waals surface area contributed by atoms with E-state index in [0.717, 1.165) is 12.1 Å². The van der Waals surface area contributed by atoms with Crippen molar-refractivity contribution in [1.82, 2.24) is 15.1 Å². The minimum Gasteiger partial charge on any atom is -0.313 e. The van der Waals surface area contributed by atoms with Crippen molar-refractivity contribution >= 4 is 0 Å². The second kappa shape index (κ2) is 6.72. The van der Waals surface area contributed by atoms with Gasteiger partial charge < -0.3 is 10.2 Å². The number of rotatable bonds is 7. The topological polar surface area (TPSA) is 18.5 Å². The molecule has 3 heteroatoms. The summed E-state index contributed by atoms with van der Waals surface area (Å²) in [5.74, 6) is 0. The van der Waals surface area contributed by atoms with E-state index in [-0.39, 0.29) is 0 Å². The van der Waals surface area contributed by atoms with Crippen molar-refractivity contribution in [3.05, 3.63) is 0 Å². The molecule has 100 valence electrons. The lowest BCUT2D eigenvalue weighted by atomic mass is 10.1. The van der Waals surface area contributed by atoms with Gasteiger partial charge in [0.25, 0.3) is 0 Å². The normalized spacial score (nSPS) is 23.5. The molecule has 2 fully saturated rings. The maximum atomic E-state index is 3.75. The lowest BCUT2D eigenvalue weighted by Crippen LogP contribution is -2.44. The second-order valence-electron chi connectivity index (χ2n) is 5.52. The van der Waals surface area contributed by atoms with Crippen LogP contribution >= 0.6 is 0 Å². The molecule has 0 aromatic heterocycles. The summed E-state index contributed by atoms with van der Waals surface area (Å²) in [4.78, 5) is 5.19. The van der Waals surface area contributed by atoms with Crippen molar-refractivity contribution in [3.63, 3.8) is 0 Å². The van der Waals surface area contributed by atoms with Gasteiger partial charge in [0.15, 0.2) is 0 Å². The van der Waals surface area contributed by atoms with Crippen molar-refractivity contribution in [2.75, 3.05) is 39.3 Å². The number of piperidine rings is 1. The summed E-state index contributed by atoms with van der Waals surface area (Å²) >= 11 is 0. The van der Waals surface area contributed by atoms with Crippen molar-refractivity contribution in [1.29, 1.82) is 0 Å². The molecule has 0 spiro atoms. The minimum atomic E-state index is 0.774. The fraction of sp³-hybridized carbons (Fsp3) is 1.00. The van der Waals surface area contributed by atoms with Gasteiger partial charge in [-0.15, -0.1) is 0 Å². The van der Waals surface area contributed by atoms with E-state index in [1.165, 1.54) is 65.0 Å². The van der Waals surface area contributed by atoms with Gasteiger partial charge in [-0.25, -0.2) is 0 Å². The van der Waals surface area contributed by atoms with Crippen LogP contribution in [0.25, 0.3) is 0 Å². The van der Waals surface area contributed by atoms with E-state index in [1.807, 2.05) is 0 Å². The molecule has 17 heavy (non-hydrogen) atoms. The highest BCUT2D eigenvalue weighted by molar-refractivity contribution is 4.84. The molecule has 0 unspecified atom stereocenters. The maximum Gasteiger partial charge on any atom is 0.0110 e. The average Bonchev–Trinajstić information content (AvgIpc) is 3.20. The predicted molar refractivity (Wildman–Crippen MR) is 73.4 cm³/mol. The molecule has 0 atom stereocenters. The van der Waals surface area contributed by atoms with Crippen LogP contribution in [0.1, 0.15) is 39.5 Å². The van der Waals surface area contributed by atoms with E-state index >= 15 is 0 Å². The standard InChI is InChI=1S/C14H29N3/c1-3-16-10-7-13(8-11-16)15-9-12-17(4-2)14-5-6-14/h13-15H,3-12H2,1-2H3. The first-order valence-corrected chi connectivity index (χ1v) is 7.53. The molecule has 2 aliphatic rings. The second-order valence-corrected chi connectivity index (χ2v) is 5.52. The Balaban J connectivity index is 1.56. The minimum absolute atomic E-state index is 0.774. The Bertz CT molecular complexity index is 208. The highest BCUT2D eigenvalue weighted by atomic mass is 15.2. The number of likely N-dealkylation sites (tertiary alicyclic amines) is 1. The number of hydrogen-bond acceptors (Lipinski definition) is 3. The maximum absolute atomic E-state index is 3.75. The zero-order chi connectivity index (χ0) is 12.1. The van der Waals surface area contributed by atoms with Crippen LogP contribution in [0.4, 0.5) is 0 Å². The molecule has 1 saturated heterocycles. The van der Waals surface area contributed by atoms with Gasteiger partial charge in [0.1, 0.15) is 0 Å². The predicted octanol–water partition coefficient (Wildman–Crippen LogP) is 1.54. The van der Waals surface area contributed by atoms with Gasteiger partial charge in [-0.2, -0.15) is 0 Å².